The van der Waals surface area contributed by atoms with Gasteiger partial charge in [-0.1, -0.05) is 12.5 Å². The highest BCUT2D eigenvalue weighted by Crippen LogP contribution is 2.24. The number of benzene rings is 1. The first-order valence-electron chi connectivity index (χ1n) is 7.32. The van der Waals surface area contributed by atoms with E-state index in [1.165, 1.54) is 17.5 Å². The number of hydrogen-bond acceptors (Lipinski definition) is 3. The van der Waals surface area contributed by atoms with Crippen LogP contribution in [0.3, 0.4) is 0 Å². The van der Waals surface area contributed by atoms with Gasteiger partial charge in [-0.3, -0.25) is 9.69 Å². The number of carbonyl (C=O) groups excluding carboxylic acids is 1. The molecule has 20 heavy (non-hydrogen) atoms. The maximum absolute atomic E-state index is 12.1. The van der Waals surface area contributed by atoms with Crippen LogP contribution in [0.5, 0.6) is 0 Å². The lowest BCUT2D eigenvalue weighted by Crippen LogP contribution is -2.45. The molecule has 0 unspecified atom stereocenters. The van der Waals surface area contributed by atoms with Crippen molar-refractivity contribution in [3.63, 3.8) is 0 Å². The molecule has 4 heteroatoms. The van der Waals surface area contributed by atoms with E-state index in [2.05, 4.69) is 17.1 Å². The quantitative estimate of drug-likeness (QED) is 0.836. The zero-order chi connectivity index (χ0) is 14.5. The topological polar surface area (TPSA) is 52.6 Å². The van der Waals surface area contributed by atoms with Crippen LogP contribution in [0.25, 0.3) is 0 Å². The number of anilines is 1. The summed E-state index contributed by atoms with van der Waals surface area (Å²) in [6, 6.07) is 6.41. The second-order valence-corrected chi connectivity index (χ2v) is 5.63. The third-order valence-electron chi connectivity index (χ3n) is 4.12. The number of aliphatic hydroxyl groups is 1. The lowest BCUT2D eigenvalue weighted by Gasteiger charge is -2.36. The number of nitrogens with one attached hydrogen (secondary N) is 1. The van der Waals surface area contributed by atoms with E-state index in [1.54, 1.807) is 0 Å². The first kappa shape index (κ1) is 15.0. The highest BCUT2D eigenvalue weighted by Gasteiger charge is 2.25. The van der Waals surface area contributed by atoms with Crippen LogP contribution < -0.4 is 5.32 Å². The lowest BCUT2D eigenvalue weighted by molar-refractivity contribution is -0.118. The zero-order valence-electron chi connectivity index (χ0n) is 12.4. The van der Waals surface area contributed by atoms with Gasteiger partial charge in [-0.2, -0.15) is 0 Å². The number of carbonyl (C=O) groups is 1. The van der Waals surface area contributed by atoms with Crippen molar-refractivity contribution in [1.82, 2.24) is 4.90 Å². The van der Waals surface area contributed by atoms with Gasteiger partial charge in [0.2, 0.25) is 5.91 Å². The van der Waals surface area contributed by atoms with Gasteiger partial charge in [-0.15, -0.1) is 0 Å². The fourth-order valence-electron chi connectivity index (χ4n) is 2.48. The molecule has 1 fully saturated rings. The smallest absolute Gasteiger partial charge is 0.238 e. The van der Waals surface area contributed by atoms with E-state index in [-0.39, 0.29) is 12.5 Å². The van der Waals surface area contributed by atoms with Gasteiger partial charge in [0.05, 0.1) is 13.2 Å². The average molecular weight is 276 g/mol. The van der Waals surface area contributed by atoms with Gasteiger partial charge in [-0.05, 0) is 49.9 Å². The first-order valence-corrected chi connectivity index (χ1v) is 7.32. The molecule has 0 heterocycles. The fraction of sp³-hybridized carbons (Fsp3) is 0.562. The molecule has 1 amide bonds. The van der Waals surface area contributed by atoms with E-state index >= 15 is 0 Å². The van der Waals surface area contributed by atoms with E-state index in [4.69, 9.17) is 5.11 Å². The van der Waals surface area contributed by atoms with Gasteiger partial charge < -0.3 is 10.4 Å². The molecule has 2 rings (SSSR count). The summed E-state index contributed by atoms with van der Waals surface area (Å²) in [5, 5.41) is 12.0. The molecular weight excluding hydrogens is 252 g/mol. The zero-order valence-corrected chi connectivity index (χ0v) is 12.4. The van der Waals surface area contributed by atoms with Gasteiger partial charge in [0.15, 0.2) is 0 Å². The minimum Gasteiger partial charge on any atom is -0.395 e. The third-order valence-corrected chi connectivity index (χ3v) is 4.12. The molecular formula is C16H24N2O2. The molecule has 4 nitrogen and oxygen atoms in total. The Morgan fingerprint density at radius 1 is 1.35 bits per heavy atom. The highest BCUT2D eigenvalue weighted by atomic mass is 16.3. The third kappa shape index (κ3) is 3.81. The van der Waals surface area contributed by atoms with Gasteiger partial charge in [0.1, 0.15) is 0 Å². The molecule has 1 aromatic carbocycles. The molecule has 0 aromatic heterocycles. The van der Waals surface area contributed by atoms with Gasteiger partial charge in [-0.25, -0.2) is 0 Å². The summed E-state index contributed by atoms with van der Waals surface area (Å²) >= 11 is 0. The largest absolute Gasteiger partial charge is 0.395 e. The SMILES string of the molecule is Cc1ccc(NC(=O)CN(CCO)C2CCC2)cc1C. The average Bonchev–Trinajstić information content (AvgIpc) is 2.32. The Balaban J connectivity index is 1.91. The Morgan fingerprint density at radius 2 is 2.10 bits per heavy atom. The van der Waals surface area contributed by atoms with Gasteiger partial charge in [0, 0.05) is 18.3 Å². The molecule has 1 aliphatic carbocycles. The number of rotatable bonds is 6. The summed E-state index contributed by atoms with van der Waals surface area (Å²) in [5.41, 5.74) is 3.24. The van der Waals surface area contributed by atoms with E-state index in [1.807, 2.05) is 25.1 Å². The molecule has 1 saturated carbocycles. The van der Waals surface area contributed by atoms with Crippen LogP contribution in [0.2, 0.25) is 0 Å². The monoisotopic (exact) mass is 276 g/mol. The Bertz CT molecular complexity index is 470. The number of amides is 1. The molecule has 0 saturated heterocycles. The Labute approximate surface area is 120 Å². The molecule has 2 N–H and O–H groups in total. The minimum atomic E-state index is -0.00592. The summed E-state index contributed by atoms with van der Waals surface area (Å²) in [7, 11) is 0. The van der Waals surface area contributed by atoms with E-state index < -0.39 is 0 Å². The summed E-state index contributed by atoms with van der Waals surface area (Å²) in [4.78, 5) is 14.2. The van der Waals surface area contributed by atoms with Crippen LogP contribution in [0, 0.1) is 13.8 Å². The standard InChI is InChI=1S/C16H24N2O2/c1-12-6-7-14(10-13(12)2)17-16(20)11-18(8-9-19)15-4-3-5-15/h6-7,10,15,19H,3-5,8-9,11H2,1-2H3,(H,17,20). The fourth-order valence-corrected chi connectivity index (χ4v) is 2.48. The van der Waals surface area contributed by atoms with Crippen LogP contribution in [0.1, 0.15) is 30.4 Å². The maximum atomic E-state index is 12.1. The second-order valence-electron chi connectivity index (χ2n) is 5.63. The summed E-state index contributed by atoms with van der Waals surface area (Å²) in [5.74, 6) is -0.00592. The van der Waals surface area contributed by atoms with Crippen molar-refractivity contribution in [2.24, 2.45) is 0 Å². The summed E-state index contributed by atoms with van der Waals surface area (Å²) < 4.78 is 0. The number of hydrogen-bond donors (Lipinski definition) is 2. The van der Waals surface area contributed by atoms with E-state index in [9.17, 15) is 4.79 Å². The molecule has 0 spiro atoms. The van der Waals surface area contributed by atoms with Crippen molar-refractivity contribution in [1.29, 1.82) is 0 Å². The normalized spacial score (nSPS) is 15.2. The van der Waals surface area contributed by atoms with Crippen molar-refractivity contribution < 1.29 is 9.90 Å². The second kappa shape index (κ2) is 6.86. The van der Waals surface area contributed by atoms with Crippen molar-refractivity contribution in [3.8, 4) is 0 Å². The van der Waals surface area contributed by atoms with Crippen LogP contribution in [0.4, 0.5) is 5.69 Å². The van der Waals surface area contributed by atoms with Crippen molar-refractivity contribution in [2.75, 3.05) is 25.0 Å². The predicted molar refractivity (Wildman–Crippen MR) is 80.8 cm³/mol. The maximum Gasteiger partial charge on any atom is 0.238 e. The van der Waals surface area contributed by atoms with Crippen LogP contribution in [0.15, 0.2) is 18.2 Å². The Hall–Kier alpha value is -1.39. The lowest BCUT2D eigenvalue weighted by atomic mass is 9.91. The van der Waals surface area contributed by atoms with Crippen molar-refractivity contribution in [2.45, 2.75) is 39.2 Å². The molecule has 0 radical (unpaired) electrons. The highest BCUT2D eigenvalue weighted by molar-refractivity contribution is 5.92. The predicted octanol–water partition coefficient (Wildman–Crippen LogP) is 2.09. The van der Waals surface area contributed by atoms with Crippen molar-refractivity contribution >= 4 is 11.6 Å². The molecule has 0 aliphatic heterocycles. The summed E-state index contributed by atoms with van der Waals surface area (Å²) in [6.45, 7) is 5.13. The van der Waals surface area contributed by atoms with Crippen LogP contribution >= 0.6 is 0 Å². The minimum absolute atomic E-state index is 0.00592. The first-order chi connectivity index (χ1) is 9.60. The Morgan fingerprint density at radius 3 is 2.65 bits per heavy atom. The number of nitrogens with zero attached hydrogens (tertiary/aromatic N) is 1. The molecule has 1 aromatic rings. The van der Waals surface area contributed by atoms with Crippen LogP contribution in [-0.4, -0.2) is 41.7 Å². The number of aliphatic hydroxyl groups excluding tert-OH is 1. The molecule has 1 aliphatic rings. The number of aryl methyl sites for hydroxylation is 2. The van der Waals surface area contributed by atoms with Crippen molar-refractivity contribution in [3.05, 3.63) is 29.3 Å². The van der Waals surface area contributed by atoms with Gasteiger partial charge in [0.25, 0.3) is 0 Å². The van der Waals surface area contributed by atoms with E-state index in [0.29, 0.717) is 19.1 Å². The molecule has 0 atom stereocenters. The van der Waals surface area contributed by atoms with Gasteiger partial charge >= 0.3 is 0 Å². The molecule has 110 valence electrons. The summed E-state index contributed by atoms with van der Waals surface area (Å²) in [6.07, 6.45) is 3.50. The molecule has 0 bridgehead atoms. The Kier molecular flexibility index (Phi) is 5.15. The van der Waals surface area contributed by atoms with Crippen LogP contribution in [-0.2, 0) is 4.79 Å². The van der Waals surface area contributed by atoms with E-state index in [0.717, 1.165) is 18.5 Å².